The van der Waals surface area contributed by atoms with Gasteiger partial charge in [0.2, 0.25) is 0 Å². The second-order valence-electron chi connectivity index (χ2n) is 5.41. The van der Waals surface area contributed by atoms with Crippen molar-refractivity contribution in [3.63, 3.8) is 0 Å². The number of aliphatic carboxylic acids is 1. The molecule has 0 aromatic heterocycles. The van der Waals surface area contributed by atoms with Crippen molar-refractivity contribution in [2.24, 2.45) is 5.41 Å². The van der Waals surface area contributed by atoms with Gasteiger partial charge in [-0.05, 0) is 13.8 Å². The van der Waals surface area contributed by atoms with Gasteiger partial charge in [-0.25, -0.2) is 0 Å². The van der Waals surface area contributed by atoms with Crippen molar-refractivity contribution in [2.75, 3.05) is 13.2 Å². The summed E-state index contributed by atoms with van der Waals surface area (Å²) in [7, 11) is 0. The number of carbonyl (C=O) groups is 1. The van der Waals surface area contributed by atoms with Gasteiger partial charge in [-0.3, -0.25) is 4.79 Å². The first-order valence-corrected chi connectivity index (χ1v) is 5.76. The Balaban J connectivity index is 1.61. The van der Waals surface area contributed by atoms with Gasteiger partial charge in [0, 0.05) is 0 Å². The normalized spacial score (nSPS) is 43.3. The van der Waals surface area contributed by atoms with Crippen LogP contribution in [0.25, 0.3) is 0 Å². The Hall–Kier alpha value is -0.690. The number of carboxylic acids is 1. The lowest BCUT2D eigenvalue weighted by Gasteiger charge is -2.28. The molecule has 0 saturated carbocycles. The van der Waals surface area contributed by atoms with E-state index in [0.29, 0.717) is 6.61 Å². The Kier molecular flexibility index (Phi) is 2.45. The maximum Gasteiger partial charge on any atom is 0.311 e. The minimum absolute atomic E-state index is 0.00541. The SMILES string of the molecule is CC(C)(CO[C@H]1[C@@H]2OC[C@@H](O2)[C@@H]2O[C@@H]21)C(=O)O. The third kappa shape index (κ3) is 1.85. The lowest BCUT2D eigenvalue weighted by atomic mass is 9.95. The summed E-state index contributed by atoms with van der Waals surface area (Å²) < 4.78 is 22.1. The lowest BCUT2D eigenvalue weighted by molar-refractivity contribution is -0.180. The Bertz CT molecular complexity index is 341. The molecule has 17 heavy (non-hydrogen) atoms. The highest BCUT2D eigenvalue weighted by Gasteiger charge is 2.62. The van der Waals surface area contributed by atoms with Crippen molar-refractivity contribution in [3.8, 4) is 0 Å². The molecule has 0 amide bonds. The fraction of sp³-hybridized carbons (Fsp3) is 0.909. The average Bonchev–Trinajstić information content (AvgIpc) is 2.93. The third-order valence-electron chi connectivity index (χ3n) is 3.47. The standard InChI is InChI=1S/C11H16O6/c1-11(2,10(12)13)4-15-8-7-6(17-7)5-3-14-9(8)16-5/h5-9H,3-4H2,1-2H3,(H,12,13)/t5-,6+,7+,8-,9-/m1/s1. The fourth-order valence-corrected chi connectivity index (χ4v) is 2.18. The van der Waals surface area contributed by atoms with Gasteiger partial charge < -0.3 is 24.1 Å². The molecule has 0 aromatic carbocycles. The predicted molar refractivity (Wildman–Crippen MR) is 54.4 cm³/mol. The number of rotatable bonds is 4. The van der Waals surface area contributed by atoms with E-state index < -0.39 is 17.7 Å². The maximum atomic E-state index is 11.0. The zero-order valence-electron chi connectivity index (χ0n) is 9.79. The Morgan fingerprint density at radius 3 is 2.88 bits per heavy atom. The van der Waals surface area contributed by atoms with Crippen LogP contribution in [0.4, 0.5) is 0 Å². The van der Waals surface area contributed by atoms with Gasteiger partial charge in [0.15, 0.2) is 6.29 Å². The van der Waals surface area contributed by atoms with Crippen LogP contribution in [-0.2, 0) is 23.7 Å². The van der Waals surface area contributed by atoms with Crippen LogP contribution in [0, 0.1) is 5.41 Å². The van der Waals surface area contributed by atoms with Crippen molar-refractivity contribution >= 4 is 5.97 Å². The molecule has 2 bridgehead atoms. The summed E-state index contributed by atoms with van der Waals surface area (Å²) in [5.41, 5.74) is -0.917. The number of hydrogen-bond donors (Lipinski definition) is 1. The van der Waals surface area contributed by atoms with Gasteiger partial charge >= 0.3 is 5.97 Å². The first-order valence-electron chi connectivity index (χ1n) is 5.76. The van der Waals surface area contributed by atoms with Crippen LogP contribution in [0.2, 0.25) is 0 Å². The van der Waals surface area contributed by atoms with Crippen molar-refractivity contribution in [3.05, 3.63) is 0 Å². The van der Waals surface area contributed by atoms with Gasteiger partial charge in [0.05, 0.1) is 18.6 Å². The monoisotopic (exact) mass is 244 g/mol. The van der Waals surface area contributed by atoms with Crippen molar-refractivity contribution in [1.29, 1.82) is 0 Å². The van der Waals surface area contributed by atoms with E-state index in [2.05, 4.69) is 0 Å². The molecule has 3 rings (SSSR count). The van der Waals surface area contributed by atoms with Crippen LogP contribution in [0.1, 0.15) is 13.8 Å². The van der Waals surface area contributed by atoms with E-state index in [1.807, 2.05) is 0 Å². The molecule has 0 aliphatic carbocycles. The number of ether oxygens (including phenoxy) is 4. The van der Waals surface area contributed by atoms with Crippen LogP contribution in [0.3, 0.4) is 0 Å². The number of carboxylic acid groups (broad SMARTS) is 1. The van der Waals surface area contributed by atoms with Crippen LogP contribution in [-0.4, -0.2) is 55.0 Å². The molecule has 0 radical (unpaired) electrons. The molecular weight excluding hydrogens is 228 g/mol. The van der Waals surface area contributed by atoms with Gasteiger partial charge in [0.25, 0.3) is 0 Å². The van der Waals surface area contributed by atoms with Crippen molar-refractivity contribution in [2.45, 2.75) is 44.6 Å². The molecule has 96 valence electrons. The van der Waals surface area contributed by atoms with Gasteiger partial charge in [-0.15, -0.1) is 0 Å². The first kappa shape index (κ1) is 11.4. The molecule has 3 saturated heterocycles. The Morgan fingerprint density at radius 1 is 1.41 bits per heavy atom. The van der Waals surface area contributed by atoms with Crippen LogP contribution in [0.15, 0.2) is 0 Å². The van der Waals surface area contributed by atoms with E-state index >= 15 is 0 Å². The first-order chi connectivity index (χ1) is 7.99. The van der Waals surface area contributed by atoms with E-state index in [-0.39, 0.29) is 31.0 Å². The topological polar surface area (TPSA) is 77.5 Å². The zero-order valence-corrected chi connectivity index (χ0v) is 9.79. The van der Waals surface area contributed by atoms with Crippen molar-refractivity contribution in [1.82, 2.24) is 0 Å². The van der Waals surface area contributed by atoms with Crippen molar-refractivity contribution < 1.29 is 28.8 Å². The van der Waals surface area contributed by atoms with Gasteiger partial charge in [-0.2, -0.15) is 0 Å². The number of hydrogen-bond acceptors (Lipinski definition) is 5. The minimum atomic E-state index is -0.917. The van der Waals surface area contributed by atoms with E-state index in [0.717, 1.165) is 0 Å². The molecule has 3 aliphatic heterocycles. The van der Waals surface area contributed by atoms with Crippen LogP contribution < -0.4 is 0 Å². The highest BCUT2D eigenvalue weighted by molar-refractivity contribution is 5.73. The molecule has 0 aromatic rings. The smallest absolute Gasteiger partial charge is 0.311 e. The molecule has 0 spiro atoms. The van der Waals surface area contributed by atoms with E-state index in [1.165, 1.54) is 0 Å². The summed E-state index contributed by atoms with van der Waals surface area (Å²) in [6.45, 7) is 3.91. The Labute approximate surface area is 98.8 Å². The second kappa shape index (κ2) is 3.65. The summed E-state index contributed by atoms with van der Waals surface area (Å²) in [5.74, 6) is -0.882. The lowest BCUT2D eigenvalue weighted by Crippen LogP contribution is -2.44. The minimum Gasteiger partial charge on any atom is -0.481 e. The molecule has 6 heteroatoms. The van der Waals surface area contributed by atoms with E-state index in [1.54, 1.807) is 13.8 Å². The molecule has 3 fully saturated rings. The quantitative estimate of drug-likeness (QED) is 0.702. The largest absolute Gasteiger partial charge is 0.481 e. The highest BCUT2D eigenvalue weighted by atomic mass is 16.8. The summed E-state index contributed by atoms with van der Waals surface area (Å²) in [6.07, 6.45) is -0.624. The molecule has 3 aliphatic rings. The summed E-state index contributed by atoms with van der Waals surface area (Å²) in [4.78, 5) is 11.0. The maximum absolute atomic E-state index is 11.0. The number of fused-ring (bicyclic) bond motifs is 4. The molecular formula is C11H16O6. The third-order valence-corrected chi connectivity index (χ3v) is 3.47. The van der Waals surface area contributed by atoms with E-state index in [9.17, 15) is 4.79 Å². The molecule has 6 nitrogen and oxygen atoms in total. The molecule has 3 heterocycles. The summed E-state index contributed by atoms with van der Waals surface area (Å²) in [6, 6.07) is 0. The highest BCUT2D eigenvalue weighted by Crippen LogP contribution is 2.43. The Morgan fingerprint density at radius 2 is 2.18 bits per heavy atom. The molecule has 0 unspecified atom stereocenters. The summed E-state index contributed by atoms with van der Waals surface area (Å²) in [5, 5.41) is 9.00. The van der Waals surface area contributed by atoms with E-state index in [4.69, 9.17) is 24.1 Å². The molecule has 5 atom stereocenters. The zero-order chi connectivity index (χ0) is 12.2. The van der Waals surface area contributed by atoms with Gasteiger partial charge in [0.1, 0.15) is 24.4 Å². The van der Waals surface area contributed by atoms with Gasteiger partial charge in [-0.1, -0.05) is 0 Å². The number of epoxide rings is 1. The van der Waals surface area contributed by atoms with Crippen LogP contribution >= 0.6 is 0 Å². The fourth-order valence-electron chi connectivity index (χ4n) is 2.18. The predicted octanol–water partition coefficient (Wildman–Crippen LogP) is 0.00490. The van der Waals surface area contributed by atoms with Crippen LogP contribution in [0.5, 0.6) is 0 Å². The second-order valence-corrected chi connectivity index (χ2v) is 5.41. The summed E-state index contributed by atoms with van der Waals surface area (Å²) >= 11 is 0. The average molecular weight is 244 g/mol. The molecule has 1 N–H and O–H groups in total.